The molecule has 1 unspecified atom stereocenters. The summed E-state index contributed by atoms with van der Waals surface area (Å²) >= 11 is 0. The Morgan fingerprint density at radius 2 is 2.21 bits per heavy atom. The first-order chi connectivity index (χ1) is 6.68. The van der Waals surface area contributed by atoms with Crippen molar-refractivity contribution < 1.29 is 4.79 Å². The molecule has 0 aliphatic carbocycles. The summed E-state index contributed by atoms with van der Waals surface area (Å²) in [6.45, 7) is 8.23. The lowest BCUT2D eigenvalue weighted by Gasteiger charge is -2.45. The van der Waals surface area contributed by atoms with Crippen LogP contribution in [-0.2, 0) is 0 Å². The molecule has 0 radical (unpaired) electrons. The van der Waals surface area contributed by atoms with Crippen molar-refractivity contribution in [3.8, 4) is 0 Å². The third-order valence-corrected chi connectivity index (χ3v) is 3.26. The Morgan fingerprint density at radius 3 is 2.93 bits per heavy atom. The van der Waals surface area contributed by atoms with Gasteiger partial charge in [-0.1, -0.05) is 0 Å². The van der Waals surface area contributed by atoms with Crippen molar-refractivity contribution in [3.05, 3.63) is 0 Å². The predicted molar refractivity (Wildman–Crippen MR) is 55.2 cm³/mol. The minimum absolute atomic E-state index is 0.129. The molecule has 4 nitrogen and oxygen atoms in total. The molecule has 0 aromatic carbocycles. The maximum atomic E-state index is 11.5. The molecular weight excluding hydrogens is 178 g/mol. The lowest BCUT2D eigenvalue weighted by molar-refractivity contribution is 0.0621. The van der Waals surface area contributed by atoms with Crippen molar-refractivity contribution in [2.75, 3.05) is 26.2 Å². The summed E-state index contributed by atoms with van der Waals surface area (Å²) in [7, 11) is 0. The second kappa shape index (κ2) is 3.77. The van der Waals surface area contributed by atoms with E-state index in [4.69, 9.17) is 0 Å². The molecule has 2 rings (SSSR count). The summed E-state index contributed by atoms with van der Waals surface area (Å²) < 4.78 is 0. The van der Waals surface area contributed by atoms with Crippen molar-refractivity contribution in [2.45, 2.75) is 32.4 Å². The highest BCUT2D eigenvalue weighted by atomic mass is 16.2. The molecule has 0 aromatic rings. The van der Waals surface area contributed by atoms with E-state index in [0.717, 1.165) is 32.6 Å². The van der Waals surface area contributed by atoms with E-state index in [2.05, 4.69) is 24.1 Å². The molecule has 4 heteroatoms. The molecular formula is C10H19N3O. The van der Waals surface area contributed by atoms with Gasteiger partial charge in [0.15, 0.2) is 0 Å². The topological polar surface area (TPSA) is 35.6 Å². The number of nitrogens with one attached hydrogen (secondary N) is 1. The van der Waals surface area contributed by atoms with Crippen molar-refractivity contribution in [1.29, 1.82) is 0 Å². The van der Waals surface area contributed by atoms with E-state index in [1.807, 2.05) is 4.90 Å². The zero-order valence-corrected chi connectivity index (χ0v) is 8.99. The van der Waals surface area contributed by atoms with Crippen LogP contribution in [0.25, 0.3) is 0 Å². The van der Waals surface area contributed by atoms with Gasteiger partial charge in [0.2, 0.25) is 0 Å². The van der Waals surface area contributed by atoms with Gasteiger partial charge in [-0.05, 0) is 20.3 Å². The molecule has 2 heterocycles. The number of piperazine rings is 1. The highest BCUT2D eigenvalue weighted by Crippen LogP contribution is 2.17. The first-order valence-electron chi connectivity index (χ1n) is 5.47. The average molecular weight is 197 g/mol. The molecule has 80 valence electrons. The standard InChI is InChI=1S/C10H19N3O/c1-8(2)12-5-6-13-9(7-12)3-4-11-10(13)14/h8-9H,3-7H2,1-2H3,(H,11,14). The van der Waals surface area contributed by atoms with E-state index in [-0.39, 0.29) is 6.03 Å². The van der Waals surface area contributed by atoms with E-state index in [1.54, 1.807) is 0 Å². The van der Waals surface area contributed by atoms with Gasteiger partial charge in [0.25, 0.3) is 0 Å². The lowest BCUT2D eigenvalue weighted by atomic mass is 10.1. The molecule has 1 N–H and O–H groups in total. The smallest absolute Gasteiger partial charge is 0.317 e. The number of amides is 2. The summed E-state index contributed by atoms with van der Waals surface area (Å²) in [5, 5.41) is 2.89. The highest BCUT2D eigenvalue weighted by Gasteiger charge is 2.33. The monoisotopic (exact) mass is 197 g/mol. The normalized spacial score (nSPS) is 28.9. The summed E-state index contributed by atoms with van der Waals surface area (Å²) in [5.41, 5.74) is 0. The van der Waals surface area contributed by atoms with Crippen molar-refractivity contribution in [1.82, 2.24) is 15.1 Å². The second-order valence-electron chi connectivity index (χ2n) is 4.46. The van der Waals surface area contributed by atoms with Gasteiger partial charge in [-0.2, -0.15) is 0 Å². The van der Waals surface area contributed by atoms with Gasteiger partial charge in [0.05, 0.1) is 0 Å². The molecule has 0 bridgehead atoms. The van der Waals surface area contributed by atoms with Gasteiger partial charge < -0.3 is 10.2 Å². The molecule has 14 heavy (non-hydrogen) atoms. The van der Waals surface area contributed by atoms with Crippen molar-refractivity contribution >= 4 is 6.03 Å². The average Bonchev–Trinajstić information content (AvgIpc) is 2.17. The van der Waals surface area contributed by atoms with Gasteiger partial charge in [0, 0.05) is 38.3 Å². The van der Waals surface area contributed by atoms with Crippen LogP contribution >= 0.6 is 0 Å². The number of fused-ring (bicyclic) bond motifs is 1. The number of urea groups is 1. The zero-order chi connectivity index (χ0) is 10.1. The fourth-order valence-corrected chi connectivity index (χ4v) is 2.31. The largest absolute Gasteiger partial charge is 0.338 e. The van der Waals surface area contributed by atoms with Gasteiger partial charge >= 0.3 is 6.03 Å². The molecule has 2 aliphatic heterocycles. The van der Waals surface area contributed by atoms with Gasteiger partial charge in [-0.25, -0.2) is 4.79 Å². The fourth-order valence-electron chi connectivity index (χ4n) is 2.31. The van der Waals surface area contributed by atoms with Gasteiger partial charge in [0.1, 0.15) is 0 Å². The van der Waals surface area contributed by atoms with Crippen LogP contribution in [0.2, 0.25) is 0 Å². The van der Waals surface area contributed by atoms with Crippen LogP contribution < -0.4 is 5.32 Å². The molecule has 1 atom stereocenters. The minimum atomic E-state index is 0.129. The molecule has 0 saturated carbocycles. The third kappa shape index (κ3) is 1.71. The number of rotatable bonds is 1. The Kier molecular flexibility index (Phi) is 2.63. The number of hydrogen-bond acceptors (Lipinski definition) is 2. The van der Waals surface area contributed by atoms with Crippen LogP contribution in [0.1, 0.15) is 20.3 Å². The van der Waals surface area contributed by atoms with Gasteiger partial charge in [-0.3, -0.25) is 4.90 Å². The van der Waals surface area contributed by atoms with E-state index in [1.165, 1.54) is 0 Å². The van der Waals surface area contributed by atoms with Crippen LogP contribution in [0.15, 0.2) is 0 Å². The summed E-state index contributed by atoms with van der Waals surface area (Å²) in [4.78, 5) is 15.9. The SMILES string of the molecule is CC(C)N1CCN2C(=O)NCCC2C1. The van der Waals surface area contributed by atoms with E-state index in [0.29, 0.717) is 12.1 Å². The Hall–Kier alpha value is -0.770. The molecule has 2 fully saturated rings. The molecule has 2 aliphatic rings. The number of hydrogen-bond donors (Lipinski definition) is 1. The summed E-state index contributed by atoms with van der Waals surface area (Å²) in [5.74, 6) is 0. The Balaban J connectivity index is 1.99. The van der Waals surface area contributed by atoms with Crippen LogP contribution in [0.4, 0.5) is 4.79 Å². The summed E-state index contributed by atoms with van der Waals surface area (Å²) in [6.07, 6.45) is 1.09. The fraction of sp³-hybridized carbons (Fsp3) is 0.900. The maximum absolute atomic E-state index is 11.5. The molecule has 2 saturated heterocycles. The van der Waals surface area contributed by atoms with Crippen LogP contribution in [0.5, 0.6) is 0 Å². The van der Waals surface area contributed by atoms with E-state index >= 15 is 0 Å². The molecule has 0 spiro atoms. The third-order valence-electron chi connectivity index (χ3n) is 3.26. The number of carbonyl (C=O) groups excluding carboxylic acids is 1. The minimum Gasteiger partial charge on any atom is -0.338 e. The Labute approximate surface area is 85.2 Å². The zero-order valence-electron chi connectivity index (χ0n) is 8.99. The number of nitrogens with zero attached hydrogens (tertiary/aromatic N) is 2. The lowest BCUT2D eigenvalue weighted by Crippen LogP contribution is -2.62. The van der Waals surface area contributed by atoms with Gasteiger partial charge in [-0.15, -0.1) is 0 Å². The van der Waals surface area contributed by atoms with Crippen LogP contribution in [0.3, 0.4) is 0 Å². The quantitative estimate of drug-likeness (QED) is 0.664. The first-order valence-corrected chi connectivity index (χ1v) is 5.47. The molecule has 2 amide bonds. The van der Waals surface area contributed by atoms with Crippen LogP contribution in [0, 0.1) is 0 Å². The highest BCUT2D eigenvalue weighted by molar-refractivity contribution is 5.75. The predicted octanol–water partition coefficient (Wildman–Crippen LogP) is 0.494. The van der Waals surface area contributed by atoms with E-state index < -0.39 is 0 Å². The first kappa shape index (κ1) is 9.77. The second-order valence-corrected chi connectivity index (χ2v) is 4.46. The molecule has 0 aromatic heterocycles. The summed E-state index contributed by atoms with van der Waals surface area (Å²) in [6, 6.07) is 1.17. The van der Waals surface area contributed by atoms with E-state index in [9.17, 15) is 4.79 Å². The maximum Gasteiger partial charge on any atom is 0.317 e. The van der Waals surface area contributed by atoms with Crippen LogP contribution in [-0.4, -0.2) is 54.1 Å². The van der Waals surface area contributed by atoms with Crippen molar-refractivity contribution in [2.24, 2.45) is 0 Å². The number of carbonyl (C=O) groups is 1. The Bertz CT molecular complexity index is 229. The van der Waals surface area contributed by atoms with Crippen molar-refractivity contribution in [3.63, 3.8) is 0 Å². The Morgan fingerprint density at radius 1 is 1.43 bits per heavy atom.